The Balaban J connectivity index is 1.54. The Labute approximate surface area is 131 Å². The van der Waals surface area contributed by atoms with Gasteiger partial charge in [0.05, 0.1) is 17.2 Å². The number of para-hydroxylation sites is 2. The van der Waals surface area contributed by atoms with Crippen molar-refractivity contribution in [3.63, 3.8) is 0 Å². The monoisotopic (exact) mass is 300 g/mol. The Kier molecular flexibility index (Phi) is 4.85. The van der Waals surface area contributed by atoms with E-state index in [4.69, 9.17) is 4.74 Å². The van der Waals surface area contributed by atoms with Crippen LogP contribution in [0.3, 0.4) is 0 Å². The SMILES string of the molecule is CCN1CCN(C(C)COc2cnc3ccccc3n2)CC1. The summed E-state index contributed by atoms with van der Waals surface area (Å²) in [4.78, 5) is 13.9. The molecule has 1 aromatic carbocycles. The molecule has 1 aliphatic rings. The van der Waals surface area contributed by atoms with Crippen molar-refractivity contribution in [2.45, 2.75) is 19.9 Å². The average Bonchev–Trinajstić information content (AvgIpc) is 2.59. The molecular weight excluding hydrogens is 276 g/mol. The predicted octanol–water partition coefficient (Wildman–Crippen LogP) is 2.03. The molecule has 2 aromatic rings. The lowest BCUT2D eigenvalue weighted by Gasteiger charge is -2.37. The molecule has 118 valence electrons. The lowest BCUT2D eigenvalue weighted by molar-refractivity contribution is 0.0804. The number of hydrogen-bond donors (Lipinski definition) is 0. The van der Waals surface area contributed by atoms with E-state index in [9.17, 15) is 0 Å². The lowest BCUT2D eigenvalue weighted by Crippen LogP contribution is -2.50. The normalized spacial score (nSPS) is 18.5. The predicted molar refractivity (Wildman–Crippen MR) is 88.2 cm³/mol. The summed E-state index contributed by atoms with van der Waals surface area (Å²) in [5.41, 5.74) is 1.78. The zero-order valence-electron chi connectivity index (χ0n) is 13.4. The fourth-order valence-electron chi connectivity index (χ4n) is 2.84. The van der Waals surface area contributed by atoms with Crippen molar-refractivity contribution in [1.29, 1.82) is 0 Å². The third-order valence-electron chi connectivity index (χ3n) is 4.38. The van der Waals surface area contributed by atoms with Gasteiger partial charge in [0.2, 0.25) is 5.88 Å². The van der Waals surface area contributed by atoms with Crippen molar-refractivity contribution in [1.82, 2.24) is 19.8 Å². The molecule has 1 saturated heterocycles. The Morgan fingerprint density at radius 1 is 1.14 bits per heavy atom. The standard InChI is InChI=1S/C17H24N4O/c1-3-20-8-10-21(11-9-20)14(2)13-22-17-12-18-15-6-4-5-7-16(15)19-17/h4-7,12,14H,3,8-11,13H2,1-2H3. The first-order chi connectivity index (χ1) is 10.8. The highest BCUT2D eigenvalue weighted by molar-refractivity contribution is 5.73. The summed E-state index contributed by atoms with van der Waals surface area (Å²) in [6.07, 6.45) is 1.71. The van der Waals surface area contributed by atoms with Crippen LogP contribution < -0.4 is 4.74 Å². The van der Waals surface area contributed by atoms with E-state index in [1.54, 1.807) is 6.20 Å². The van der Waals surface area contributed by atoms with Gasteiger partial charge in [-0.25, -0.2) is 9.97 Å². The summed E-state index contributed by atoms with van der Waals surface area (Å²) in [6, 6.07) is 8.25. The van der Waals surface area contributed by atoms with Crippen LogP contribution in [0.2, 0.25) is 0 Å². The third-order valence-corrected chi connectivity index (χ3v) is 4.38. The highest BCUT2D eigenvalue weighted by atomic mass is 16.5. The van der Waals surface area contributed by atoms with E-state index in [1.165, 1.54) is 0 Å². The van der Waals surface area contributed by atoms with Crippen LogP contribution in [0.4, 0.5) is 0 Å². The maximum absolute atomic E-state index is 5.85. The Hall–Kier alpha value is -1.72. The number of ether oxygens (including phenoxy) is 1. The minimum Gasteiger partial charge on any atom is -0.475 e. The number of fused-ring (bicyclic) bond motifs is 1. The van der Waals surface area contributed by atoms with Gasteiger partial charge >= 0.3 is 0 Å². The molecule has 0 spiro atoms. The van der Waals surface area contributed by atoms with E-state index in [0.717, 1.165) is 43.8 Å². The molecule has 1 aliphatic heterocycles. The van der Waals surface area contributed by atoms with E-state index in [-0.39, 0.29) is 0 Å². The van der Waals surface area contributed by atoms with Crippen LogP contribution >= 0.6 is 0 Å². The van der Waals surface area contributed by atoms with E-state index < -0.39 is 0 Å². The van der Waals surface area contributed by atoms with E-state index in [1.807, 2.05) is 24.3 Å². The molecule has 1 unspecified atom stereocenters. The first-order valence-electron chi connectivity index (χ1n) is 8.07. The number of likely N-dealkylation sites (N-methyl/N-ethyl adjacent to an activating group) is 1. The van der Waals surface area contributed by atoms with Crippen molar-refractivity contribution in [2.75, 3.05) is 39.3 Å². The van der Waals surface area contributed by atoms with Crippen molar-refractivity contribution >= 4 is 11.0 Å². The van der Waals surface area contributed by atoms with Crippen molar-refractivity contribution in [3.05, 3.63) is 30.5 Å². The number of hydrogen-bond acceptors (Lipinski definition) is 5. The van der Waals surface area contributed by atoms with E-state index in [2.05, 4.69) is 33.6 Å². The van der Waals surface area contributed by atoms with Gasteiger partial charge in [-0.3, -0.25) is 4.90 Å². The second-order valence-electron chi connectivity index (χ2n) is 5.83. The van der Waals surface area contributed by atoms with Gasteiger partial charge in [-0.2, -0.15) is 0 Å². The maximum Gasteiger partial charge on any atom is 0.232 e. The first kappa shape index (κ1) is 15.2. The highest BCUT2D eigenvalue weighted by Gasteiger charge is 2.20. The zero-order valence-corrected chi connectivity index (χ0v) is 13.4. The lowest BCUT2D eigenvalue weighted by atomic mass is 10.2. The van der Waals surface area contributed by atoms with E-state index >= 15 is 0 Å². The van der Waals surface area contributed by atoms with Crippen LogP contribution in [0.5, 0.6) is 5.88 Å². The molecule has 1 atom stereocenters. The summed E-state index contributed by atoms with van der Waals surface area (Å²) in [6.45, 7) is 10.8. The summed E-state index contributed by atoms with van der Waals surface area (Å²) in [5.74, 6) is 0.609. The van der Waals surface area contributed by atoms with Crippen LogP contribution in [-0.4, -0.2) is 65.1 Å². The van der Waals surface area contributed by atoms with Crippen LogP contribution in [0.25, 0.3) is 11.0 Å². The van der Waals surface area contributed by atoms with E-state index in [0.29, 0.717) is 18.5 Å². The van der Waals surface area contributed by atoms with Crippen molar-refractivity contribution in [2.24, 2.45) is 0 Å². The van der Waals surface area contributed by atoms with Gasteiger partial charge in [-0.15, -0.1) is 0 Å². The summed E-state index contributed by atoms with van der Waals surface area (Å²) >= 11 is 0. The minimum atomic E-state index is 0.396. The highest BCUT2D eigenvalue weighted by Crippen LogP contribution is 2.14. The van der Waals surface area contributed by atoms with Gasteiger partial charge in [0.1, 0.15) is 6.61 Å². The van der Waals surface area contributed by atoms with Gasteiger partial charge in [0.25, 0.3) is 0 Å². The van der Waals surface area contributed by atoms with Gasteiger partial charge in [-0.1, -0.05) is 19.1 Å². The molecule has 0 N–H and O–H groups in total. The number of nitrogens with zero attached hydrogens (tertiary/aromatic N) is 4. The molecule has 2 heterocycles. The molecule has 3 rings (SSSR count). The van der Waals surface area contributed by atoms with Gasteiger partial charge in [0.15, 0.2) is 0 Å². The number of aromatic nitrogens is 2. The molecule has 0 saturated carbocycles. The smallest absolute Gasteiger partial charge is 0.232 e. The van der Waals surface area contributed by atoms with Crippen molar-refractivity contribution < 1.29 is 4.74 Å². The minimum absolute atomic E-state index is 0.396. The molecule has 5 heteroatoms. The molecule has 0 bridgehead atoms. The van der Waals surface area contributed by atoms with Crippen LogP contribution in [0.1, 0.15) is 13.8 Å². The Bertz CT molecular complexity index is 610. The Morgan fingerprint density at radius 3 is 2.59 bits per heavy atom. The Morgan fingerprint density at radius 2 is 1.86 bits per heavy atom. The molecule has 0 amide bonds. The molecule has 5 nitrogen and oxygen atoms in total. The van der Waals surface area contributed by atoms with Gasteiger partial charge < -0.3 is 9.64 Å². The molecule has 0 radical (unpaired) electrons. The second-order valence-corrected chi connectivity index (χ2v) is 5.83. The van der Waals surface area contributed by atoms with Gasteiger partial charge in [-0.05, 0) is 25.6 Å². The quantitative estimate of drug-likeness (QED) is 0.845. The molecule has 1 aromatic heterocycles. The van der Waals surface area contributed by atoms with Crippen LogP contribution in [-0.2, 0) is 0 Å². The topological polar surface area (TPSA) is 41.5 Å². The molecule has 22 heavy (non-hydrogen) atoms. The number of benzene rings is 1. The van der Waals surface area contributed by atoms with Crippen LogP contribution in [0, 0.1) is 0 Å². The summed E-state index contributed by atoms with van der Waals surface area (Å²) < 4.78 is 5.85. The largest absolute Gasteiger partial charge is 0.475 e. The number of rotatable bonds is 5. The molecule has 1 fully saturated rings. The zero-order chi connectivity index (χ0) is 15.4. The van der Waals surface area contributed by atoms with Crippen molar-refractivity contribution in [3.8, 4) is 5.88 Å². The number of piperazine rings is 1. The molecular formula is C17H24N4O. The maximum atomic E-state index is 5.85. The summed E-state index contributed by atoms with van der Waals surface area (Å²) in [7, 11) is 0. The fourth-order valence-corrected chi connectivity index (χ4v) is 2.84. The average molecular weight is 300 g/mol. The van der Waals surface area contributed by atoms with Gasteiger partial charge in [0, 0.05) is 32.2 Å². The second kappa shape index (κ2) is 7.03. The fraction of sp³-hybridized carbons (Fsp3) is 0.529. The molecule has 0 aliphatic carbocycles. The first-order valence-corrected chi connectivity index (χ1v) is 8.07. The third kappa shape index (κ3) is 3.54. The summed E-state index contributed by atoms with van der Waals surface area (Å²) in [5, 5.41) is 0. The van der Waals surface area contributed by atoms with Crippen LogP contribution in [0.15, 0.2) is 30.5 Å².